The molecule has 0 bridgehead atoms. The van der Waals surface area contributed by atoms with Crippen molar-refractivity contribution in [3.8, 4) is 0 Å². The number of benzene rings is 1. The number of hydrogen-bond acceptors (Lipinski definition) is 6. The molecule has 1 atom stereocenters. The van der Waals surface area contributed by atoms with Crippen LogP contribution >= 0.6 is 0 Å². The molecule has 0 saturated carbocycles. The van der Waals surface area contributed by atoms with E-state index >= 15 is 0 Å². The Morgan fingerprint density at radius 2 is 1.72 bits per heavy atom. The minimum Gasteiger partial charge on any atom is -0.466 e. The summed E-state index contributed by atoms with van der Waals surface area (Å²) in [7, 11) is 0. The van der Waals surface area contributed by atoms with Crippen LogP contribution in [0.1, 0.15) is 39.7 Å². The van der Waals surface area contributed by atoms with E-state index in [2.05, 4.69) is 5.32 Å². The van der Waals surface area contributed by atoms with Crippen molar-refractivity contribution in [1.29, 1.82) is 0 Å². The first kappa shape index (κ1) is 20.5. The minimum absolute atomic E-state index is 0.0487. The molecule has 0 aliphatic carbocycles. The first-order valence-electron chi connectivity index (χ1n) is 8.07. The topological polar surface area (TPSA) is 90.9 Å². The standard InChI is InChI=1S/C18H25NO6/c1-5-23-15(20)11-14(16(21)25-18(2,3)4)19-17(22)24-12-13-9-7-6-8-10-13/h6-10,14H,5,11-12H2,1-4H3,(H,19,22)/t14-/m0/s1. The van der Waals surface area contributed by atoms with Gasteiger partial charge in [-0.15, -0.1) is 0 Å². The number of amides is 1. The number of rotatable bonds is 7. The van der Waals surface area contributed by atoms with Crippen molar-refractivity contribution in [2.24, 2.45) is 0 Å². The Balaban J connectivity index is 2.65. The van der Waals surface area contributed by atoms with E-state index in [0.717, 1.165) is 5.56 Å². The molecule has 0 spiro atoms. The second-order valence-electron chi connectivity index (χ2n) is 6.30. The molecule has 0 aromatic heterocycles. The van der Waals surface area contributed by atoms with Gasteiger partial charge in [0, 0.05) is 0 Å². The second kappa shape index (κ2) is 9.66. The molecule has 7 nitrogen and oxygen atoms in total. The zero-order chi connectivity index (χ0) is 18.9. The lowest BCUT2D eigenvalue weighted by Crippen LogP contribution is -2.45. The highest BCUT2D eigenvalue weighted by Crippen LogP contribution is 2.11. The average molecular weight is 351 g/mol. The minimum atomic E-state index is -1.18. The second-order valence-corrected chi connectivity index (χ2v) is 6.30. The van der Waals surface area contributed by atoms with Crippen molar-refractivity contribution in [1.82, 2.24) is 5.32 Å². The van der Waals surface area contributed by atoms with Crippen LogP contribution in [0.3, 0.4) is 0 Å². The SMILES string of the molecule is CCOC(=O)C[C@H](NC(=O)OCc1ccccc1)C(=O)OC(C)(C)C. The van der Waals surface area contributed by atoms with Crippen LogP contribution in [0.4, 0.5) is 4.79 Å². The first-order valence-corrected chi connectivity index (χ1v) is 8.07. The molecule has 1 rings (SSSR count). The molecular weight excluding hydrogens is 326 g/mol. The monoisotopic (exact) mass is 351 g/mol. The quantitative estimate of drug-likeness (QED) is 0.600. The number of nitrogens with one attached hydrogen (secondary N) is 1. The van der Waals surface area contributed by atoms with Crippen molar-refractivity contribution in [3.05, 3.63) is 35.9 Å². The summed E-state index contributed by atoms with van der Waals surface area (Å²) in [6.07, 6.45) is -1.15. The Morgan fingerprint density at radius 1 is 1.08 bits per heavy atom. The molecule has 0 fully saturated rings. The van der Waals surface area contributed by atoms with Crippen LogP contribution in [-0.2, 0) is 30.4 Å². The summed E-state index contributed by atoms with van der Waals surface area (Å²) in [4.78, 5) is 35.8. The molecule has 138 valence electrons. The Labute approximate surface area is 147 Å². The van der Waals surface area contributed by atoms with E-state index in [-0.39, 0.29) is 19.6 Å². The van der Waals surface area contributed by atoms with E-state index in [1.54, 1.807) is 39.8 Å². The van der Waals surface area contributed by atoms with Crippen LogP contribution in [0, 0.1) is 0 Å². The van der Waals surface area contributed by atoms with Crippen molar-refractivity contribution in [2.45, 2.75) is 52.4 Å². The number of esters is 2. The van der Waals surface area contributed by atoms with E-state index in [4.69, 9.17) is 14.2 Å². The Hall–Kier alpha value is -2.57. The fourth-order valence-electron chi connectivity index (χ4n) is 1.86. The maximum Gasteiger partial charge on any atom is 0.408 e. The van der Waals surface area contributed by atoms with Crippen LogP contribution in [-0.4, -0.2) is 36.3 Å². The highest BCUT2D eigenvalue weighted by Gasteiger charge is 2.29. The maximum absolute atomic E-state index is 12.2. The zero-order valence-corrected chi connectivity index (χ0v) is 15.0. The number of ether oxygens (including phenoxy) is 3. The van der Waals surface area contributed by atoms with Crippen LogP contribution in [0.15, 0.2) is 30.3 Å². The zero-order valence-electron chi connectivity index (χ0n) is 15.0. The molecule has 25 heavy (non-hydrogen) atoms. The number of alkyl carbamates (subject to hydrolysis) is 1. The normalized spacial score (nSPS) is 12.0. The summed E-state index contributed by atoms with van der Waals surface area (Å²) >= 11 is 0. The summed E-state index contributed by atoms with van der Waals surface area (Å²) < 4.78 is 15.1. The van der Waals surface area contributed by atoms with Gasteiger partial charge in [-0.2, -0.15) is 0 Å². The van der Waals surface area contributed by atoms with Gasteiger partial charge in [0.05, 0.1) is 13.0 Å². The fraction of sp³-hybridized carbons (Fsp3) is 0.500. The van der Waals surface area contributed by atoms with Gasteiger partial charge in [0.2, 0.25) is 0 Å². The molecule has 1 amide bonds. The number of hydrogen-bond donors (Lipinski definition) is 1. The third kappa shape index (κ3) is 8.74. The molecule has 0 radical (unpaired) electrons. The van der Waals surface area contributed by atoms with Gasteiger partial charge in [-0.25, -0.2) is 9.59 Å². The predicted octanol–water partition coefficient (Wildman–Crippen LogP) is 2.58. The third-order valence-corrected chi connectivity index (χ3v) is 2.87. The highest BCUT2D eigenvalue weighted by molar-refractivity contribution is 5.86. The largest absolute Gasteiger partial charge is 0.466 e. The lowest BCUT2D eigenvalue weighted by atomic mass is 10.1. The van der Waals surface area contributed by atoms with E-state index in [0.29, 0.717) is 0 Å². The number of carbonyl (C=O) groups excluding carboxylic acids is 3. The molecule has 7 heteroatoms. The summed E-state index contributed by atoms with van der Waals surface area (Å²) in [6.45, 7) is 6.97. The van der Waals surface area contributed by atoms with Crippen LogP contribution < -0.4 is 5.32 Å². The van der Waals surface area contributed by atoms with E-state index in [1.807, 2.05) is 18.2 Å². The Morgan fingerprint density at radius 3 is 2.28 bits per heavy atom. The van der Waals surface area contributed by atoms with Crippen LogP contribution in [0.5, 0.6) is 0 Å². The molecule has 0 aliphatic rings. The van der Waals surface area contributed by atoms with Gasteiger partial charge in [0.15, 0.2) is 0 Å². The number of carbonyl (C=O) groups is 3. The van der Waals surface area contributed by atoms with Crippen LogP contribution in [0.25, 0.3) is 0 Å². The first-order chi connectivity index (χ1) is 11.7. The van der Waals surface area contributed by atoms with Gasteiger partial charge in [0.25, 0.3) is 0 Å². The van der Waals surface area contributed by atoms with Crippen molar-refractivity contribution in [2.75, 3.05) is 6.61 Å². The third-order valence-electron chi connectivity index (χ3n) is 2.87. The maximum atomic E-state index is 12.2. The van der Waals surface area contributed by atoms with Crippen molar-refractivity contribution >= 4 is 18.0 Å². The molecule has 0 saturated heterocycles. The summed E-state index contributed by atoms with van der Waals surface area (Å²) in [5.74, 6) is -1.33. The Bertz CT molecular complexity index is 579. The van der Waals surface area contributed by atoms with Gasteiger partial charge >= 0.3 is 18.0 Å². The lowest BCUT2D eigenvalue weighted by Gasteiger charge is -2.24. The fourth-order valence-corrected chi connectivity index (χ4v) is 1.86. The molecule has 0 aliphatic heterocycles. The molecule has 1 aromatic carbocycles. The van der Waals surface area contributed by atoms with Crippen molar-refractivity contribution < 1.29 is 28.6 Å². The molecule has 0 heterocycles. The van der Waals surface area contributed by atoms with E-state index in [9.17, 15) is 14.4 Å². The smallest absolute Gasteiger partial charge is 0.408 e. The Kier molecular flexibility index (Phi) is 7.91. The van der Waals surface area contributed by atoms with Gasteiger partial charge in [-0.3, -0.25) is 4.79 Å². The van der Waals surface area contributed by atoms with Crippen LogP contribution in [0.2, 0.25) is 0 Å². The highest BCUT2D eigenvalue weighted by atomic mass is 16.6. The van der Waals surface area contributed by atoms with Gasteiger partial charge in [-0.05, 0) is 33.3 Å². The van der Waals surface area contributed by atoms with E-state index < -0.39 is 29.7 Å². The molecule has 1 N–H and O–H groups in total. The molecule has 0 unspecified atom stereocenters. The van der Waals surface area contributed by atoms with Crippen molar-refractivity contribution in [3.63, 3.8) is 0 Å². The summed E-state index contributed by atoms with van der Waals surface area (Å²) in [6, 6.07) is 7.92. The van der Waals surface area contributed by atoms with Gasteiger partial charge in [0.1, 0.15) is 18.2 Å². The van der Waals surface area contributed by atoms with Gasteiger partial charge < -0.3 is 19.5 Å². The summed E-state index contributed by atoms with van der Waals surface area (Å²) in [5.41, 5.74) is 0.0523. The summed E-state index contributed by atoms with van der Waals surface area (Å²) in [5, 5.41) is 2.36. The lowest BCUT2D eigenvalue weighted by molar-refractivity contribution is -0.160. The molecule has 1 aromatic rings. The average Bonchev–Trinajstić information content (AvgIpc) is 2.52. The predicted molar refractivity (Wildman–Crippen MR) is 90.6 cm³/mol. The molecular formula is C18H25NO6. The van der Waals surface area contributed by atoms with Gasteiger partial charge in [-0.1, -0.05) is 30.3 Å². The van der Waals surface area contributed by atoms with E-state index in [1.165, 1.54) is 0 Å².